The largest absolute Gasteiger partial charge is 0.494 e. The van der Waals surface area contributed by atoms with Crippen LogP contribution in [0.25, 0.3) is 0 Å². The number of primary amides is 1. The van der Waals surface area contributed by atoms with Crippen LogP contribution in [0.4, 0.5) is 18.9 Å². The van der Waals surface area contributed by atoms with E-state index < -0.39 is 29.6 Å². The first-order valence-corrected chi connectivity index (χ1v) is 16.6. The average molecular weight is 694 g/mol. The minimum atomic E-state index is -4.53. The molecule has 50 heavy (non-hydrogen) atoms. The Kier molecular flexibility index (Phi) is 11.5. The van der Waals surface area contributed by atoms with E-state index in [9.17, 15) is 32.3 Å². The van der Waals surface area contributed by atoms with Gasteiger partial charge in [-0.25, -0.2) is 0 Å². The Morgan fingerprint density at radius 1 is 1.02 bits per heavy atom. The smallest absolute Gasteiger partial charge is 0.416 e. The number of nitrogens with zero attached hydrogens (tertiary/aromatic N) is 3. The average Bonchev–Trinajstić information content (AvgIpc) is 3.91. The van der Waals surface area contributed by atoms with Gasteiger partial charge in [-0.3, -0.25) is 19.2 Å². The number of rotatable bonds is 15. The van der Waals surface area contributed by atoms with E-state index in [-0.39, 0.29) is 49.4 Å². The molecule has 1 heterocycles. The Hall–Kier alpha value is -4.91. The van der Waals surface area contributed by atoms with Crippen LogP contribution in [0.1, 0.15) is 64.3 Å². The molecule has 3 N–H and O–H groups in total. The van der Waals surface area contributed by atoms with Gasteiger partial charge >= 0.3 is 6.18 Å². The van der Waals surface area contributed by atoms with Gasteiger partial charge in [-0.05, 0) is 86.8 Å². The number of carbonyl (C=O) groups excluding carboxylic acids is 4. The van der Waals surface area contributed by atoms with Crippen molar-refractivity contribution in [3.63, 3.8) is 0 Å². The molecule has 1 saturated carbocycles. The lowest BCUT2D eigenvalue weighted by atomic mass is 9.88. The fourth-order valence-corrected chi connectivity index (χ4v) is 6.14. The van der Waals surface area contributed by atoms with Crippen LogP contribution in [0.3, 0.4) is 0 Å². The molecule has 0 aromatic heterocycles. The fourth-order valence-electron chi connectivity index (χ4n) is 6.14. The number of amides is 4. The van der Waals surface area contributed by atoms with Crippen molar-refractivity contribution < 1.29 is 37.1 Å². The van der Waals surface area contributed by atoms with Crippen molar-refractivity contribution in [2.24, 2.45) is 5.73 Å². The van der Waals surface area contributed by atoms with E-state index in [4.69, 9.17) is 10.5 Å². The Balaban J connectivity index is 1.34. The number of carbonyl (C=O) groups is 4. The van der Waals surface area contributed by atoms with Crippen LogP contribution in [-0.2, 0) is 33.4 Å². The molecule has 3 aromatic rings. The predicted octanol–water partition coefficient (Wildman–Crippen LogP) is 4.82. The molecule has 266 valence electrons. The van der Waals surface area contributed by atoms with E-state index in [1.807, 2.05) is 38.4 Å². The maximum atomic E-state index is 14.1. The molecule has 4 amide bonds. The second-order valence-corrected chi connectivity index (χ2v) is 13.1. The van der Waals surface area contributed by atoms with Crippen LogP contribution >= 0.6 is 0 Å². The van der Waals surface area contributed by atoms with Crippen molar-refractivity contribution >= 4 is 29.3 Å². The van der Waals surface area contributed by atoms with E-state index in [0.29, 0.717) is 30.0 Å². The zero-order valence-corrected chi connectivity index (χ0v) is 28.2. The molecule has 2 aliphatic rings. The molecule has 0 bridgehead atoms. The Morgan fingerprint density at radius 3 is 2.42 bits per heavy atom. The van der Waals surface area contributed by atoms with Gasteiger partial charge in [-0.15, -0.1) is 0 Å². The van der Waals surface area contributed by atoms with Gasteiger partial charge in [0.15, 0.2) is 0 Å². The number of hydrogen-bond donors (Lipinski definition) is 2. The summed E-state index contributed by atoms with van der Waals surface area (Å²) >= 11 is 0. The SMILES string of the molecule is CN(C)CCCOc1ccc(C2Cc3ccc(NC(=O)Cc4cccc(C(F)(F)F)c4)cc3C(=O)N2CCC(=O)N(CC(N)=O)C2CC2)cc1. The first-order chi connectivity index (χ1) is 23.8. The normalized spacial score (nSPS) is 15.8. The molecule has 1 aliphatic carbocycles. The zero-order chi connectivity index (χ0) is 36.0. The van der Waals surface area contributed by atoms with Crippen LogP contribution in [-0.4, -0.2) is 84.7 Å². The number of ether oxygens (including phenoxy) is 1. The number of nitrogens with two attached hydrogens (primary N) is 1. The highest BCUT2D eigenvalue weighted by atomic mass is 19.4. The number of nitrogens with one attached hydrogen (secondary N) is 1. The molecule has 3 aromatic carbocycles. The monoisotopic (exact) mass is 693 g/mol. The maximum Gasteiger partial charge on any atom is 0.416 e. The summed E-state index contributed by atoms with van der Waals surface area (Å²) in [5.41, 5.74) is 7.03. The van der Waals surface area contributed by atoms with Gasteiger partial charge in [0.05, 0.1) is 31.2 Å². The van der Waals surface area contributed by atoms with Crippen molar-refractivity contribution in [1.29, 1.82) is 0 Å². The Morgan fingerprint density at radius 2 is 1.76 bits per heavy atom. The number of hydrogen-bond acceptors (Lipinski definition) is 6. The number of anilines is 1. The van der Waals surface area contributed by atoms with Crippen LogP contribution in [0.15, 0.2) is 66.7 Å². The minimum Gasteiger partial charge on any atom is -0.494 e. The third kappa shape index (κ3) is 9.62. The molecule has 1 atom stereocenters. The number of fused-ring (bicyclic) bond motifs is 1. The fraction of sp³-hybridized carbons (Fsp3) is 0.405. The minimum absolute atomic E-state index is 0.0121. The standard InChI is InChI=1S/C37H42F3N5O5/c1-43(2)16-4-18-50-30-13-8-25(9-14-30)32-21-26-7-10-28(42-34(47)20-24-5-3-6-27(19-24)37(38,39)40)22-31(26)36(49)44(32)17-15-35(48)45(23-33(41)46)29-11-12-29/h3,5-10,13-14,19,22,29,32H,4,11-12,15-18,20-21,23H2,1-2H3,(H2,41,46)(H,42,47). The lowest BCUT2D eigenvalue weighted by Gasteiger charge is -2.37. The van der Waals surface area contributed by atoms with Gasteiger partial charge in [0.1, 0.15) is 5.75 Å². The lowest BCUT2D eigenvalue weighted by Crippen LogP contribution is -2.44. The number of halogens is 3. The van der Waals surface area contributed by atoms with Crippen molar-refractivity contribution in [3.05, 3.63) is 94.5 Å². The number of alkyl halides is 3. The number of benzene rings is 3. The molecule has 1 aliphatic heterocycles. The maximum absolute atomic E-state index is 14.1. The highest BCUT2D eigenvalue weighted by Crippen LogP contribution is 2.36. The van der Waals surface area contributed by atoms with Gasteiger partial charge in [0.2, 0.25) is 17.7 Å². The molecule has 5 rings (SSSR count). The second kappa shape index (κ2) is 15.8. The summed E-state index contributed by atoms with van der Waals surface area (Å²) in [5, 5.41) is 2.70. The Bertz CT molecular complexity index is 1710. The molecule has 0 spiro atoms. The topological polar surface area (TPSA) is 125 Å². The highest BCUT2D eigenvalue weighted by molar-refractivity contribution is 6.00. The van der Waals surface area contributed by atoms with E-state index in [2.05, 4.69) is 10.2 Å². The summed E-state index contributed by atoms with van der Waals surface area (Å²) in [6.07, 6.45) is -1.94. The molecule has 1 unspecified atom stereocenters. The molecule has 0 saturated heterocycles. The summed E-state index contributed by atoms with van der Waals surface area (Å²) in [4.78, 5) is 57.1. The first kappa shape index (κ1) is 36.4. The summed E-state index contributed by atoms with van der Waals surface area (Å²) in [7, 11) is 4.00. The van der Waals surface area contributed by atoms with Gasteiger partial charge in [-0.1, -0.05) is 36.4 Å². The molecule has 1 fully saturated rings. The van der Waals surface area contributed by atoms with Crippen LogP contribution in [0.2, 0.25) is 0 Å². The molecular formula is C37H42F3N5O5. The Labute approximate surface area is 289 Å². The molecule has 10 nitrogen and oxygen atoms in total. The van der Waals surface area contributed by atoms with Crippen molar-refractivity contribution in [1.82, 2.24) is 14.7 Å². The third-order valence-electron chi connectivity index (χ3n) is 8.78. The van der Waals surface area contributed by atoms with E-state index in [1.54, 1.807) is 23.1 Å². The summed E-state index contributed by atoms with van der Waals surface area (Å²) in [6.45, 7) is 1.36. The van der Waals surface area contributed by atoms with Gasteiger partial charge in [-0.2, -0.15) is 13.2 Å². The molecule has 0 radical (unpaired) electrons. The summed E-state index contributed by atoms with van der Waals surface area (Å²) in [6, 6.07) is 16.7. The van der Waals surface area contributed by atoms with Crippen LogP contribution < -0.4 is 15.8 Å². The van der Waals surface area contributed by atoms with E-state index in [0.717, 1.165) is 49.1 Å². The van der Waals surface area contributed by atoms with Crippen molar-refractivity contribution in [2.45, 2.75) is 56.8 Å². The van der Waals surface area contributed by atoms with Crippen LogP contribution in [0.5, 0.6) is 5.75 Å². The van der Waals surface area contributed by atoms with E-state index >= 15 is 0 Å². The quantitative estimate of drug-likeness (QED) is 0.220. The second-order valence-electron chi connectivity index (χ2n) is 13.1. The summed E-state index contributed by atoms with van der Waals surface area (Å²) < 4.78 is 45.4. The van der Waals surface area contributed by atoms with Gasteiger partial charge in [0.25, 0.3) is 5.91 Å². The van der Waals surface area contributed by atoms with Gasteiger partial charge < -0.3 is 30.5 Å². The predicted molar refractivity (Wildman–Crippen MR) is 181 cm³/mol. The third-order valence-corrected chi connectivity index (χ3v) is 8.78. The van der Waals surface area contributed by atoms with E-state index in [1.165, 1.54) is 17.0 Å². The highest BCUT2D eigenvalue weighted by Gasteiger charge is 2.37. The van der Waals surface area contributed by atoms with Crippen LogP contribution in [0, 0.1) is 0 Å². The molecular weight excluding hydrogens is 651 g/mol. The zero-order valence-electron chi connectivity index (χ0n) is 28.2. The molecule has 13 heteroatoms. The van der Waals surface area contributed by atoms with Crippen molar-refractivity contribution in [2.75, 3.05) is 45.7 Å². The first-order valence-electron chi connectivity index (χ1n) is 16.6. The lowest BCUT2D eigenvalue weighted by molar-refractivity contribution is -0.137. The van der Waals surface area contributed by atoms with Gasteiger partial charge in [0, 0.05) is 36.8 Å². The summed E-state index contributed by atoms with van der Waals surface area (Å²) in [5.74, 6) is -1.03. The van der Waals surface area contributed by atoms with Crippen molar-refractivity contribution in [3.8, 4) is 5.75 Å².